The molecular formula is C13H17N5O3. The number of nitrogens with zero attached hydrogens (tertiary/aromatic N) is 3. The summed E-state index contributed by atoms with van der Waals surface area (Å²) in [6.07, 6.45) is 0. The zero-order chi connectivity index (χ0) is 16.0. The van der Waals surface area contributed by atoms with Crippen molar-refractivity contribution in [1.29, 1.82) is 5.26 Å². The van der Waals surface area contributed by atoms with E-state index in [4.69, 9.17) is 11.1 Å². The number of hydrazine groups is 1. The molecule has 1 atom stereocenters. The van der Waals surface area contributed by atoms with E-state index in [1.54, 1.807) is 13.8 Å². The second-order valence-electron chi connectivity index (χ2n) is 4.51. The van der Waals surface area contributed by atoms with Gasteiger partial charge in [0.1, 0.15) is 5.69 Å². The van der Waals surface area contributed by atoms with Gasteiger partial charge in [-0.2, -0.15) is 5.26 Å². The predicted octanol–water partition coefficient (Wildman–Crippen LogP) is 1.50. The number of anilines is 1. The number of rotatable bonds is 6. The van der Waals surface area contributed by atoms with Gasteiger partial charge in [-0.1, -0.05) is 0 Å². The molecule has 112 valence electrons. The Hall–Kier alpha value is -2.66. The first-order chi connectivity index (χ1) is 9.94. The number of nitrogens with two attached hydrogens (primary N) is 1. The SMILES string of the molecule is CCN(CC(C)C#N)C(=O)c1ccc([N+](=O)[O-])c(NN)c1. The Labute approximate surface area is 122 Å². The number of benzene rings is 1. The zero-order valence-electron chi connectivity index (χ0n) is 11.9. The van der Waals surface area contributed by atoms with Gasteiger partial charge in [0.15, 0.2) is 0 Å². The van der Waals surface area contributed by atoms with Crippen molar-refractivity contribution in [2.24, 2.45) is 11.8 Å². The summed E-state index contributed by atoms with van der Waals surface area (Å²) in [7, 11) is 0. The first kappa shape index (κ1) is 16.4. The fourth-order valence-corrected chi connectivity index (χ4v) is 1.85. The Kier molecular flexibility index (Phi) is 5.63. The molecule has 0 radical (unpaired) electrons. The number of amides is 1. The minimum atomic E-state index is -0.585. The second-order valence-corrected chi connectivity index (χ2v) is 4.51. The molecule has 8 heteroatoms. The number of hydrogen-bond acceptors (Lipinski definition) is 6. The van der Waals surface area contributed by atoms with Gasteiger partial charge in [0.25, 0.3) is 11.6 Å². The maximum atomic E-state index is 12.4. The van der Waals surface area contributed by atoms with Crippen LogP contribution >= 0.6 is 0 Å². The second kappa shape index (κ2) is 7.21. The average molecular weight is 291 g/mol. The van der Waals surface area contributed by atoms with Crippen molar-refractivity contribution in [3.8, 4) is 6.07 Å². The monoisotopic (exact) mass is 291 g/mol. The molecule has 0 heterocycles. The number of nitrogens with one attached hydrogen (secondary N) is 1. The van der Waals surface area contributed by atoms with E-state index in [9.17, 15) is 14.9 Å². The van der Waals surface area contributed by atoms with Crippen molar-refractivity contribution in [2.45, 2.75) is 13.8 Å². The van der Waals surface area contributed by atoms with Crippen LogP contribution in [0.15, 0.2) is 18.2 Å². The van der Waals surface area contributed by atoms with E-state index in [2.05, 4.69) is 11.5 Å². The smallest absolute Gasteiger partial charge is 0.293 e. The van der Waals surface area contributed by atoms with Gasteiger partial charge in [0.2, 0.25) is 0 Å². The van der Waals surface area contributed by atoms with E-state index in [1.807, 2.05) is 0 Å². The van der Waals surface area contributed by atoms with Crippen molar-refractivity contribution < 1.29 is 9.72 Å². The van der Waals surface area contributed by atoms with Gasteiger partial charge in [-0.15, -0.1) is 0 Å². The maximum absolute atomic E-state index is 12.4. The van der Waals surface area contributed by atoms with E-state index in [-0.39, 0.29) is 28.8 Å². The molecule has 1 unspecified atom stereocenters. The van der Waals surface area contributed by atoms with Gasteiger partial charge in [0.05, 0.1) is 16.9 Å². The van der Waals surface area contributed by atoms with Crippen LogP contribution < -0.4 is 11.3 Å². The highest BCUT2D eigenvalue weighted by Crippen LogP contribution is 2.25. The molecule has 0 bridgehead atoms. The molecule has 21 heavy (non-hydrogen) atoms. The van der Waals surface area contributed by atoms with E-state index in [1.165, 1.54) is 23.1 Å². The normalized spacial score (nSPS) is 11.3. The lowest BCUT2D eigenvalue weighted by atomic mass is 10.1. The molecule has 3 N–H and O–H groups in total. The summed E-state index contributed by atoms with van der Waals surface area (Å²) in [5, 5.41) is 19.6. The summed E-state index contributed by atoms with van der Waals surface area (Å²) >= 11 is 0. The van der Waals surface area contributed by atoms with Crippen LogP contribution in [0, 0.1) is 27.4 Å². The molecule has 0 aliphatic carbocycles. The molecule has 0 aliphatic rings. The van der Waals surface area contributed by atoms with Crippen LogP contribution in [-0.2, 0) is 0 Å². The summed E-state index contributed by atoms with van der Waals surface area (Å²) in [5.74, 6) is 4.65. The third-order valence-corrected chi connectivity index (χ3v) is 2.98. The predicted molar refractivity (Wildman–Crippen MR) is 77.3 cm³/mol. The van der Waals surface area contributed by atoms with Gasteiger partial charge in [-0.3, -0.25) is 20.8 Å². The van der Waals surface area contributed by atoms with E-state index < -0.39 is 4.92 Å². The minimum absolute atomic E-state index is 0.0650. The Bertz CT molecular complexity index is 582. The minimum Gasteiger partial charge on any atom is -0.338 e. The standard InChI is InChI=1S/C13H17N5O3/c1-3-17(8-9(2)7-14)13(19)10-4-5-12(18(20)21)11(6-10)16-15/h4-6,9,16H,3,8,15H2,1-2H3. The topological polar surface area (TPSA) is 125 Å². The van der Waals surface area contributed by atoms with E-state index >= 15 is 0 Å². The Balaban J connectivity index is 3.06. The van der Waals surface area contributed by atoms with Crippen LogP contribution in [0.4, 0.5) is 11.4 Å². The molecule has 0 spiro atoms. The van der Waals surface area contributed by atoms with Crippen molar-refractivity contribution in [1.82, 2.24) is 4.90 Å². The Morgan fingerprint density at radius 2 is 2.29 bits per heavy atom. The Morgan fingerprint density at radius 1 is 1.62 bits per heavy atom. The van der Waals surface area contributed by atoms with Gasteiger partial charge >= 0.3 is 0 Å². The first-order valence-corrected chi connectivity index (χ1v) is 6.38. The third kappa shape index (κ3) is 3.90. The van der Waals surface area contributed by atoms with Crippen molar-refractivity contribution >= 4 is 17.3 Å². The number of carbonyl (C=O) groups excluding carboxylic acids is 1. The summed E-state index contributed by atoms with van der Waals surface area (Å²) in [5.41, 5.74) is 2.35. The lowest BCUT2D eigenvalue weighted by Gasteiger charge is -2.22. The van der Waals surface area contributed by atoms with Gasteiger partial charge in [-0.05, 0) is 26.0 Å². The van der Waals surface area contributed by atoms with E-state index in [0.717, 1.165) is 0 Å². The molecule has 0 aromatic heterocycles. The Morgan fingerprint density at radius 3 is 2.76 bits per heavy atom. The number of hydrogen-bond donors (Lipinski definition) is 2. The molecule has 0 saturated heterocycles. The summed E-state index contributed by atoms with van der Waals surface area (Å²) in [6.45, 7) is 4.26. The lowest BCUT2D eigenvalue weighted by molar-refractivity contribution is -0.384. The quantitative estimate of drug-likeness (QED) is 0.464. The summed E-state index contributed by atoms with van der Waals surface area (Å²) in [6, 6.07) is 6.00. The molecule has 1 aromatic carbocycles. The maximum Gasteiger partial charge on any atom is 0.293 e. The number of nitrogen functional groups attached to an aromatic ring is 1. The van der Waals surface area contributed by atoms with Crippen molar-refractivity contribution in [3.05, 3.63) is 33.9 Å². The van der Waals surface area contributed by atoms with Crippen LogP contribution in [0.5, 0.6) is 0 Å². The molecule has 1 amide bonds. The first-order valence-electron chi connectivity index (χ1n) is 6.38. The van der Waals surface area contributed by atoms with Crippen LogP contribution in [0.2, 0.25) is 0 Å². The highest BCUT2D eigenvalue weighted by Gasteiger charge is 2.20. The summed E-state index contributed by atoms with van der Waals surface area (Å²) in [4.78, 5) is 24.1. The zero-order valence-corrected chi connectivity index (χ0v) is 11.9. The molecule has 0 aliphatic heterocycles. The van der Waals surface area contributed by atoms with Gasteiger partial charge in [-0.25, -0.2) is 0 Å². The fourth-order valence-electron chi connectivity index (χ4n) is 1.85. The molecule has 1 aromatic rings. The average Bonchev–Trinajstić information content (AvgIpc) is 2.50. The fraction of sp³-hybridized carbons (Fsp3) is 0.385. The lowest BCUT2D eigenvalue weighted by Crippen LogP contribution is -2.34. The largest absolute Gasteiger partial charge is 0.338 e. The number of carbonyl (C=O) groups is 1. The molecule has 0 saturated carbocycles. The molecular weight excluding hydrogens is 274 g/mol. The molecule has 8 nitrogen and oxygen atoms in total. The van der Waals surface area contributed by atoms with Crippen LogP contribution in [-0.4, -0.2) is 28.8 Å². The summed E-state index contributed by atoms with van der Waals surface area (Å²) < 4.78 is 0. The van der Waals surface area contributed by atoms with Crippen LogP contribution in [0.3, 0.4) is 0 Å². The highest BCUT2D eigenvalue weighted by atomic mass is 16.6. The molecule has 0 fully saturated rings. The number of nitro groups is 1. The highest BCUT2D eigenvalue weighted by molar-refractivity contribution is 5.96. The molecule has 1 rings (SSSR count). The van der Waals surface area contributed by atoms with Crippen molar-refractivity contribution in [2.75, 3.05) is 18.5 Å². The number of nitro benzene ring substituents is 1. The van der Waals surface area contributed by atoms with Crippen LogP contribution in [0.25, 0.3) is 0 Å². The van der Waals surface area contributed by atoms with Crippen LogP contribution in [0.1, 0.15) is 24.2 Å². The van der Waals surface area contributed by atoms with Gasteiger partial charge < -0.3 is 10.3 Å². The third-order valence-electron chi connectivity index (χ3n) is 2.98. The van der Waals surface area contributed by atoms with Crippen molar-refractivity contribution in [3.63, 3.8) is 0 Å². The number of nitriles is 1. The van der Waals surface area contributed by atoms with Gasteiger partial charge in [0, 0.05) is 24.7 Å². The van der Waals surface area contributed by atoms with E-state index in [0.29, 0.717) is 13.1 Å².